The summed E-state index contributed by atoms with van der Waals surface area (Å²) in [6.07, 6.45) is 1.62. The second-order valence-electron chi connectivity index (χ2n) is 6.36. The van der Waals surface area contributed by atoms with Gasteiger partial charge in [0.05, 0.1) is 17.6 Å². The fraction of sp³-hybridized carbons (Fsp3) is 0.200. The first-order valence-electron chi connectivity index (χ1n) is 8.57. The number of ether oxygens (including phenoxy) is 1. The van der Waals surface area contributed by atoms with E-state index in [1.54, 1.807) is 18.2 Å². The molecule has 9 heteroatoms. The van der Waals surface area contributed by atoms with Crippen LogP contribution >= 0.6 is 11.8 Å². The van der Waals surface area contributed by atoms with Gasteiger partial charge in [0.15, 0.2) is 0 Å². The van der Waals surface area contributed by atoms with E-state index in [9.17, 15) is 19.2 Å². The monoisotopic (exact) mass is 414 g/mol. The predicted octanol–water partition coefficient (Wildman–Crippen LogP) is 3.00. The second kappa shape index (κ2) is 7.96. The van der Waals surface area contributed by atoms with E-state index in [1.807, 2.05) is 24.5 Å². The zero-order valence-corrected chi connectivity index (χ0v) is 16.8. The Morgan fingerprint density at radius 1 is 1.17 bits per heavy atom. The Morgan fingerprint density at radius 2 is 1.83 bits per heavy atom. The van der Waals surface area contributed by atoms with Gasteiger partial charge >= 0.3 is 11.9 Å². The van der Waals surface area contributed by atoms with Crippen molar-refractivity contribution in [1.82, 2.24) is 9.47 Å². The van der Waals surface area contributed by atoms with Crippen LogP contribution in [0.2, 0.25) is 0 Å². The number of benzene rings is 1. The van der Waals surface area contributed by atoms with Crippen molar-refractivity contribution in [3.63, 3.8) is 0 Å². The standard InChI is InChI=1S/C20H18N2O6S/c1-11-8-14(9-16-18(24)21(20(27)29-16)10-17(23)28-3)12(2)22(11)15-6-4-13(5-7-15)19(25)26/h4-9H,10H2,1-3H3,(H,25,26)/b16-9-. The van der Waals surface area contributed by atoms with Crippen LogP contribution in [0.1, 0.15) is 27.3 Å². The molecule has 1 aliphatic heterocycles. The van der Waals surface area contributed by atoms with Crippen LogP contribution in [0.15, 0.2) is 35.2 Å². The number of hydrogen-bond donors (Lipinski definition) is 1. The van der Waals surface area contributed by atoms with Crippen LogP contribution in [-0.4, -0.2) is 51.3 Å². The van der Waals surface area contributed by atoms with Crippen molar-refractivity contribution in [1.29, 1.82) is 0 Å². The van der Waals surface area contributed by atoms with Crippen molar-refractivity contribution in [3.8, 4) is 5.69 Å². The second-order valence-corrected chi connectivity index (χ2v) is 7.35. The van der Waals surface area contributed by atoms with Crippen LogP contribution in [-0.2, 0) is 14.3 Å². The summed E-state index contributed by atoms with van der Waals surface area (Å²) in [7, 11) is 1.19. The van der Waals surface area contributed by atoms with Crippen molar-refractivity contribution in [2.75, 3.05) is 13.7 Å². The van der Waals surface area contributed by atoms with E-state index >= 15 is 0 Å². The summed E-state index contributed by atoms with van der Waals surface area (Å²) in [6.45, 7) is 3.33. The molecule has 29 heavy (non-hydrogen) atoms. The van der Waals surface area contributed by atoms with Gasteiger partial charge in [-0.25, -0.2) is 4.79 Å². The average molecular weight is 414 g/mol. The van der Waals surface area contributed by atoms with Crippen molar-refractivity contribution in [2.45, 2.75) is 13.8 Å². The Morgan fingerprint density at radius 3 is 2.41 bits per heavy atom. The molecule has 0 radical (unpaired) electrons. The predicted molar refractivity (Wildman–Crippen MR) is 107 cm³/mol. The summed E-state index contributed by atoms with van der Waals surface area (Å²) in [4.78, 5) is 48.1. The molecule has 1 N–H and O–H groups in total. The molecule has 2 amide bonds. The SMILES string of the molecule is COC(=O)CN1C(=O)S/C(=C\c2cc(C)n(-c3ccc(C(=O)O)cc3)c2C)C1=O. The number of carboxylic acids is 1. The summed E-state index contributed by atoms with van der Waals surface area (Å²) >= 11 is 0.770. The number of nitrogens with zero attached hydrogens (tertiary/aromatic N) is 2. The molecule has 1 fully saturated rings. The van der Waals surface area contributed by atoms with E-state index < -0.39 is 29.6 Å². The molecular weight excluding hydrogens is 396 g/mol. The van der Waals surface area contributed by atoms with E-state index in [1.165, 1.54) is 19.2 Å². The van der Waals surface area contributed by atoms with E-state index in [4.69, 9.17) is 5.11 Å². The average Bonchev–Trinajstić information content (AvgIpc) is 3.11. The lowest BCUT2D eigenvalue weighted by Gasteiger charge is -2.10. The number of aromatic carboxylic acids is 1. The van der Waals surface area contributed by atoms with Gasteiger partial charge in [-0.3, -0.25) is 19.3 Å². The fourth-order valence-corrected chi connectivity index (χ4v) is 3.88. The van der Waals surface area contributed by atoms with E-state index in [-0.39, 0.29) is 10.5 Å². The number of imide groups is 1. The number of aromatic nitrogens is 1. The van der Waals surface area contributed by atoms with Crippen molar-refractivity contribution >= 4 is 40.9 Å². The topological polar surface area (TPSA) is 106 Å². The third-order valence-electron chi connectivity index (χ3n) is 4.52. The molecular formula is C20H18N2O6S. The maximum absolute atomic E-state index is 12.5. The van der Waals surface area contributed by atoms with Gasteiger partial charge in [-0.2, -0.15) is 0 Å². The number of thioether (sulfide) groups is 1. The lowest BCUT2D eigenvalue weighted by atomic mass is 10.2. The van der Waals surface area contributed by atoms with Crippen LogP contribution in [0.5, 0.6) is 0 Å². The maximum Gasteiger partial charge on any atom is 0.335 e. The Hall–Kier alpha value is -3.33. The molecule has 0 bridgehead atoms. The molecule has 1 aromatic heterocycles. The Balaban J connectivity index is 1.92. The van der Waals surface area contributed by atoms with Crippen molar-refractivity contribution in [2.24, 2.45) is 0 Å². The molecule has 2 aromatic rings. The number of carboxylic acid groups (broad SMARTS) is 1. The van der Waals surface area contributed by atoms with E-state index in [2.05, 4.69) is 4.74 Å². The van der Waals surface area contributed by atoms with E-state index in [0.717, 1.165) is 39.3 Å². The lowest BCUT2D eigenvalue weighted by Crippen LogP contribution is -2.34. The molecule has 1 saturated heterocycles. The molecule has 0 spiro atoms. The Labute approximate surface area is 170 Å². The minimum Gasteiger partial charge on any atom is -0.478 e. The highest BCUT2D eigenvalue weighted by Gasteiger charge is 2.36. The molecule has 1 aliphatic rings. The summed E-state index contributed by atoms with van der Waals surface area (Å²) in [5, 5.41) is 8.52. The fourth-order valence-electron chi connectivity index (χ4n) is 3.06. The number of carbonyl (C=O) groups excluding carboxylic acids is 3. The smallest absolute Gasteiger partial charge is 0.335 e. The number of amides is 2. The van der Waals surface area contributed by atoms with Gasteiger partial charge in [-0.15, -0.1) is 0 Å². The molecule has 0 saturated carbocycles. The van der Waals surface area contributed by atoms with Gasteiger partial charge in [0, 0.05) is 17.1 Å². The molecule has 8 nitrogen and oxygen atoms in total. The van der Waals surface area contributed by atoms with Crippen molar-refractivity contribution in [3.05, 3.63) is 57.8 Å². The number of hydrogen-bond acceptors (Lipinski definition) is 6. The van der Waals surface area contributed by atoms with Gasteiger partial charge in [0.2, 0.25) is 0 Å². The Bertz CT molecular complexity index is 1050. The van der Waals surface area contributed by atoms with E-state index in [0.29, 0.717) is 0 Å². The number of esters is 1. The third kappa shape index (κ3) is 3.95. The first-order chi connectivity index (χ1) is 13.7. The molecule has 0 atom stereocenters. The van der Waals surface area contributed by atoms with Crippen LogP contribution in [0.4, 0.5) is 4.79 Å². The first kappa shape index (κ1) is 20.4. The molecule has 3 rings (SSSR count). The summed E-state index contributed by atoms with van der Waals surface area (Å²) in [6, 6.07) is 8.33. The molecule has 1 aromatic carbocycles. The van der Waals surface area contributed by atoms with Crippen LogP contribution in [0, 0.1) is 13.8 Å². The van der Waals surface area contributed by atoms with Gasteiger partial charge in [-0.05, 0) is 67.6 Å². The van der Waals surface area contributed by atoms with Crippen molar-refractivity contribution < 1.29 is 29.0 Å². The number of carbonyl (C=O) groups is 4. The minimum atomic E-state index is -0.999. The van der Waals surface area contributed by atoms with Crippen LogP contribution in [0.3, 0.4) is 0 Å². The zero-order valence-electron chi connectivity index (χ0n) is 16.0. The van der Waals surface area contributed by atoms with Gasteiger partial charge in [0.25, 0.3) is 11.1 Å². The molecule has 150 valence electrons. The van der Waals surface area contributed by atoms with Gasteiger partial charge < -0.3 is 14.4 Å². The van der Waals surface area contributed by atoms with Gasteiger partial charge in [0.1, 0.15) is 6.54 Å². The van der Waals surface area contributed by atoms with Crippen LogP contribution in [0.25, 0.3) is 11.8 Å². The quantitative estimate of drug-likeness (QED) is 0.592. The number of rotatable bonds is 5. The first-order valence-corrected chi connectivity index (χ1v) is 9.39. The highest BCUT2D eigenvalue weighted by molar-refractivity contribution is 8.18. The lowest BCUT2D eigenvalue weighted by molar-refractivity contribution is -0.143. The highest BCUT2D eigenvalue weighted by atomic mass is 32.2. The number of methoxy groups -OCH3 is 1. The highest BCUT2D eigenvalue weighted by Crippen LogP contribution is 2.33. The molecule has 0 aliphatic carbocycles. The molecule has 0 unspecified atom stereocenters. The summed E-state index contributed by atoms with van der Waals surface area (Å²) in [5.41, 5.74) is 3.42. The zero-order chi connectivity index (χ0) is 21.3. The van der Waals surface area contributed by atoms with Crippen LogP contribution < -0.4 is 0 Å². The Kier molecular flexibility index (Phi) is 5.60. The minimum absolute atomic E-state index is 0.190. The third-order valence-corrected chi connectivity index (χ3v) is 5.43. The summed E-state index contributed by atoms with van der Waals surface area (Å²) in [5.74, 6) is -2.21. The van der Waals surface area contributed by atoms with Gasteiger partial charge in [-0.1, -0.05) is 0 Å². The molecule has 2 heterocycles. The normalized spacial score (nSPS) is 15.3. The summed E-state index contributed by atoms with van der Waals surface area (Å²) < 4.78 is 6.45. The maximum atomic E-state index is 12.5. The number of aryl methyl sites for hydroxylation is 1. The largest absolute Gasteiger partial charge is 0.478 e.